The van der Waals surface area contributed by atoms with Gasteiger partial charge in [0.2, 0.25) is 0 Å². The van der Waals surface area contributed by atoms with E-state index in [4.69, 9.17) is 6.42 Å². The molecule has 0 aliphatic rings. The predicted molar refractivity (Wildman–Crippen MR) is 74.1 cm³/mol. The van der Waals surface area contributed by atoms with Gasteiger partial charge in [0.1, 0.15) is 5.82 Å². The van der Waals surface area contributed by atoms with Gasteiger partial charge < -0.3 is 5.32 Å². The third-order valence-electron chi connectivity index (χ3n) is 2.26. The number of hydrogen-bond donors (Lipinski definition) is 1. The fraction of sp³-hybridized carbons (Fsp3) is 0.308. The Bertz CT molecular complexity index is 453. The summed E-state index contributed by atoms with van der Waals surface area (Å²) in [6.45, 7) is 2.00. The first-order chi connectivity index (χ1) is 8.08. The van der Waals surface area contributed by atoms with Crippen molar-refractivity contribution in [2.45, 2.75) is 25.8 Å². The molecular weight excluding hydrogens is 332 g/mol. The van der Waals surface area contributed by atoms with Crippen molar-refractivity contribution < 1.29 is 9.18 Å². The summed E-state index contributed by atoms with van der Waals surface area (Å²) in [4.78, 5) is 11.9. The second kappa shape index (κ2) is 6.60. The molecule has 90 valence electrons. The van der Waals surface area contributed by atoms with E-state index in [1.54, 1.807) is 0 Å². The van der Waals surface area contributed by atoms with Crippen molar-refractivity contribution in [1.82, 2.24) is 5.32 Å². The van der Waals surface area contributed by atoms with Crippen LogP contribution in [0.2, 0.25) is 0 Å². The maximum absolute atomic E-state index is 12.9. The van der Waals surface area contributed by atoms with Gasteiger partial charge in [0, 0.05) is 3.57 Å². The van der Waals surface area contributed by atoms with Crippen LogP contribution < -0.4 is 5.32 Å². The van der Waals surface area contributed by atoms with Crippen molar-refractivity contribution in [3.63, 3.8) is 0 Å². The first-order valence-electron chi connectivity index (χ1n) is 5.30. The highest BCUT2D eigenvalue weighted by atomic mass is 127. The third kappa shape index (κ3) is 4.00. The van der Waals surface area contributed by atoms with Gasteiger partial charge in [0.15, 0.2) is 0 Å². The zero-order valence-corrected chi connectivity index (χ0v) is 11.6. The number of nitrogens with one attached hydrogen (secondary N) is 1. The molecule has 1 aromatic rings. The van der Waals surface area contributed by atoms with Crippen molar-refractivity contribution in [2.24, 2.45) is 0 Å². The summed E-state index contributed by atoms with van der Waals surface area (Å²) in [5.74, 6) is 1.91. The summed E-state index contributed by atoms with van der Waals surface area (Å²) in [5.41, 5.74) is 0.448. The lowest BCUT2D eigenvalue weighted by atomic mass is 10.1. The van der Waals surface area contributed by atoms with E-state index in [1.807, 2.05) is 29.5 Å². The van der Waals surface area contributed by atoms with E-state index >= 15 is 0 Å². The van der Waals surface area contributed by atoms with Crippen molar-refractivity contribution >= 4 is 28.5 Å². The SMILES string of the molecule is C#CC(CCC)NC(=O)c1ccc(F)cc1I. The van der Waals surface area contributed by atoms with Gasteiger partial charge in [-0.1, -0.05) is 19.3 Å². The Balaban J connectivity index is 2.79. The Morgan fingerprint density at radius 1 is 1.65 bits per heavy atom. The van der Waals surface area contributed by atoms with Gasteiger partial charge in [-0.3, -0.25) is 4.79 Å². The molecule has 1 N–H and O–H groups in total. The molecule has 0 bridgehead atoms. The maximum atomic E-state index is 12.9. The van der Waals surface area contributed by atoms with E-state index in [2.05, 4.69) is 11.2 Å². The van der Waals surface area contributed by atoms with E-state index in [1.165, 1.54) is 18.2 Å². The van der Waals surface area contributed by atoms with Gasteiger partial charge in [0.05, 0.1) is 11.6 Å². The molecule has 0 spiro atoms. The van der Waals surface area contributed by atoms with Crippen molar-refractivity contribution in [3.05, 3.63) is 33.1 Å². The van der Waals surface area contributed by atoms with Crippen LogP contribution in [0.5, 0.6) is 0 Å². The van der Waals surface area contributed by atoms with E-state index in [0.717, 1.165) is 12.8 Å². The van der Waals surface area contributed by atoms with Crippen LogP contribution in [0.4, 0.5) is 4.39 Å². The number of amides is 1. The number of terminal acetylenes is 1. The summed E-state index contributed by atoms with van der Waals surface area (Å²) in [7, 11) is 0. The molecule has 1 rings (SSSR count). The van der Waals surface area contributed by atoms with Crippen molar-refractivity contribution in [3.8, 4) is 12.3 Å². The minimum atomic E-state index is -0.354. The van der Waals surface area contributed by atoms with Crippen LogP contribution in [0.1, 0.15) is 30.1 Å². The molecular formula is C13H13FINO. The van der Waals surface area contributed by atoms with Crippen LogP contribution in [0.25, 0.3) is 0 Å². The van der Waals surface area contributed by atoms with Crippen LogP contribution in [0, 0.1) is 21.7 Å². The van der Waals surface area contributed by atoms with Crippen molar-refractivity contribution in [1.29, 1.82) is 0 Å². The number of hydrogen-bond acceptors (Lipinski definition) is 1. The molecule has 0 aliphatic carbocycles. The van der Waals surface area contributed by atoms with Gasteiger partial charge >= 0.3 is 0 Å². The van der Waals surface area contributed by atoms with Crippen molar-refractivity contribution in [2.75, 3.05) is 0 Å². The topological polar surface area (TPSA) is 29.1 Å². The van der Waals surface area contributed by atoms with Gasteiger partial charge in [-0.15, -0.1) is 6.42 Å². The lowest BCUT2D eigenvalue weighted by Crippen LogP contribution is -2.34. The summed E-state index contributed by atoms with van der Waals surface area (Å²) < 4.78 is 13.5. The van der Waals surface area contributed by atoms with Crippen LogP contribution in [-0.4, -0.2) is 11.9 Å². The fourth-order valence-electron chi connectivity index (χ4n) is 1.40. The number of benzene rings is 1. The number of carbonyl (C=O) groups is 1. The molecule has 0 aliphatic heterocycles. The molecule has 0 heterocycles. The Labute approximate surface area is 114 Å². The van der Waals surface area contributed by atoms with Crippen LogP contribution in [-0.2, 0) is 0 Å². The molecule has 17 heavy (non-hydrogen) atoms. The maximum Gasteiger partial charge on any atom is 0.253 e. The van der Waals surface area contributed by atoms with E-state index in [9.17, 15) is 9.18 Å². The van der Waals surface area contributed by atoms with Crippen LogP contribution in [0.3, 0.4) is 0 Å². The van der Waals surface area contributed by atoms with Gasteiger partial charge in [-0.2, -0.15) is 0 Å². The summed E-state index contributed by atoms with van der Waals surface area (Å²) in [5, 5.41) is 2.74. The Morgan fingerprint density at radius 3 is 2.88 bits per heavy atom. The largest absolute Gasteiger partial charge is 0.338 e. The van der Waals surface area contributed by atoms with E-state index < -0.39 is 0 Å². The molecule has 1 unspecified atom stereocenters. The molecule has 1 atom stereocenters. The van der Waals surface area contributed by atoms with Crippen LogP contribution in [0.15, 0.2) is 18.2 Å². The average molecular weight is 345 g/mol. The standard InChI is InChI=1S/C13H13FINO/c1-3-5-10(4-2)16-13(17)11-7-6-9(14)8-12(11)15/h2,6-8,10H,3,5H2,1H3,(H,16,17). The Hall–Kier alpha value is -1.09. The van der Waals surface area contributed by atoms with Gasteiger partial charge in [-0.05, 0) is 47.2 Å². The number of carbonyl (C=O) groups excluding carboxylic acids is 1. The molecule has 2 nitrogen and oxygen atoms in total. The molecule has 0 saturated carbocycles. The highest BCUT2D eigenvalue weighted by Gasteiger charge is 2.13. The summed E-state index contributed by atoms with van der Waals surface area (Å²) in [6, 6.07) is 3.78. The van der Waals surface area contributed by atoms with E-state index in [-0.39, 0.29) is 17.8 Å². The lowest BCUT2D eigenvalue weighted by Gasteiger charge is -2.12. The second-order valence-corrected chi connectivity index (χ2v) is 4.77. The monoisotopic (exact) mass is 345 g/mol. The lowest BCUT2D eigenvalue weighted by molar-refractivity contribution is 0.0943. The zero-order chi connectivity index (χ0) is 12.8. The summed E-state index contributed by atoms with van der Waals surface area (Å²) in [6.07, 6.45) is 6.96. The quantitative estimate of drug-likeness (QED) is 0.660. The highest BCUT2D eigenvalue weighted by molar-refractivity contribution is 14.1. The minimum Gasteiger partial charge on any atom is -0.338 e. The molecule has 4 heteroatoms. The first kappa shape index (κ1) is 14.0. The van der Waals surface area contributed by atoms with Gasteiger partial charge in [-0.25, -0.2) is 4.39 Å². The first-order valence-corrected chi connectivity index (χ1v) is 6.38. The molecule has 0 radical (unpaired) electrons. The summed E-state index contributed by atoms with van der Waals surface area (Å²) >= 11 is 1.93. The Kier molecular flexibility index (Phi) is 5.42. The predicted octanol–water partition coefficient (Wildman–Crippen LogP) is 2.96. The second-order valence-electron chi connectivity index (χ2n) is 3.61. The number of rotatable bonds is 4. The molecule has 1 aromatic carbocycles. The molecule has 1 amide bonds. The zero-order valence-electron chi connectivity index (χ0n) is 9.47. The molecule has 0 fully saturated rings. The fourth-order valence-corrected chi connectivity index (χ4v) is 2.12. The average Bonchev–Trinajstić information content (AvgIpc) is 2.28. The highest BCUT2D eigenvalue weighted by Crippen LogP contribution is 2.14. The molecule has 0 saturated heterocycles. The number of halogens is 2. The smallest absolute Gasteiger partial charge is 0.253 e. The van der Waals surface area contributed by atoms with Crippen LogP contribution >= 0.6 is 22.6 Å². The molecule has 0 aromatic heterocycles. The van der Waals surface area contributed by atoms with Gasteiger partial charge in [0.25, 0.3) is 5.91 Å². The third-order valence-corrected chi connectivity index (χ3v) is 3.15. The normalized spacial score (nSPS) is 11.6. The Morgan fingerprint density at radius 2 is 2.35 bits per heavy atom. The van der Waals surface area contributed by atoms with E-state index in [0.29, 0.717) is 9.13 Å². The minimum absolute atomic E-state index is 0.259.